The fraction of sp³-hybridized carbons (Fsp3) is 0.0435. The van der Waals surface area contributed by atoms with Crippen LogP contribution in [-0.4, -0.2) is 13.7 Å². The minimum Gasteiger partial charge on any atom is -0.309 e. The molecule has 11 aromatic carbocycles. The van der Waals surface area contributed by atoms with Gasteiger partial charge in [0.15, 0.2) is 0 Å². The Morgan fingerprint density at radius 2 is 0.514 bits per heavy atom. The molecular formula is C69H47N3. The van der Waals surface area contributed by atoms with Crippen LogP contribution in [0.3, 0.4) is 0 Å². The Morgan fingerprint density at radius 1 is 0.236 bits per heavy atom. The molecule has 1 aliphatic carbocycles. The normalized spacial score (nSPS) is 13.0. The summed E-state index contributed by atoms with van der Waals surface area (Å²) in [5.74, 6) is 0. The van der Waals surface area contributed by atoms with Crippen LogP contribution in [0.4, 0.5) is 0 Å². The smallest absolute Gasteiger partial charge is 0.0541 e. The number of fused-ring (bicyclic) bond motifs is 12. The van der Waals surface area contributed by atoms with Crippen molar-refractivity contribution in [3.05, 3.63) is 260 Å². The van der Waals surface area contributed by atoms with E-state index in [4.69, 9.17) is 0 Å². The molecule has 14 aromatic rings. The quantitative estimate of drug-likeness (QED) is 0.158. The van der Waals surface area contributed by atoms with E-state index in [0.717, 1.165) is 11.4 Å². The SMILES string of the molecule is CC1(C)c2cc(-c3cc(-c4ccc(-n5c6ccccc6c6ccccc65)cc4)cc(-c4ccc(-n5c6ccccc6c6ccccc65)cc4)c3)ccc2-c2ccc(-n3c4ccccc4c4ccccc43)cc21. The standard InChI is InChI=1S/C69H47N3/c1-69(2)61-42-46(31-37-53(61)54-38-36-52(43-62(54)69)72-67-25-13-7-19-59(67)60-20-8-14-26-68(60)72)49-40-47(44-27-32-50(33-28-44)70-63-21-9-3-15-55(63)56-16-4-10-22-64(56)70)39-48(41-49)45-29-34-51(35-30-45)71-65-23-11-5-17-57(65)58-18-6-12-24-66(58)71/h3-43H,1-2H3. The summed E-state index contributed by atoms with van der Waals surface area (Å²) >= 11 is 0. The molecule has 0 saturated carbocycles. The third-order valence-electron chi connectivity index (χ3n) is 15.8. The summed E-state index contributed by atoms with van der Waals surface area (Å²) < 4.78 is 7.23. The van der Waals surface area contributed by atoms with Gasteiger partial charge in [-0.25, -0.2) is 0 Å². The van der Waals surface area contributed by atoms with Crippen LogP contribution in [0.15, 0.2) is 249 Å². The van der Waals surface area contributed by atoms with Crippen molar-refractivity contribution in [2.45, 2.75) is 19.3 Å². The molecule has 0 atom stereocenters. The number of para-hydroxylation sites is 6. The summed E-state index contributed by atoms with van der Waals surface area (Å²) in [6.45, 7) is 4.80. The van der Waals surface area contributed by atoms with Gasteiger partial charge in [-0.2, -0.15) is 0 Å². The van der Waals surface area contributed by atoms with Crippen LogP contribution in [0.25, 0.3) is 127 Å². The van der Waals surface area contributed by atoms with E-state index < -0.39 is 0 Å². The van der Waals surface area contributed by atoms with E-state index in [9.17, 15) is 0 Å². The van der Waals surface area contributed by atoms with E-state index in [-0.39, 0.29) is 5.41 Å². The van der Waals surface area contributed by atoms with Crippen LogP contribution in [0.2, 0.25) is 0 Å². The molecule has 72 heavy (non-hydrogen) atoms. The highest BCUT2D eigenvalue weighted by Gasteiger charge is 2.36. The third kappa shape index (κ3) is 5.98. The lowest BCUT2D eigenvalue weighted by molar-refractivity contribution is 0.660. The van der Waals surface area contributed by atoms with Crippen molar-refractivity contribution in [2.24, 2.45) is 0 Å². The summed E-state index contributed by atoms with van der Waals surface area (Å²) in [5, 5.41) is 7.62. The van der Waals surface area contributed by atoms with Crippen LogP contribution >= 0.6 is 0 Å². The molecule has 15 rings (SSSR count). The molecule has 0 N–H and O–H groups in total. The minimum absolute atomic E-state index is 0.221. The molecule has 1 aliphatic rings. The highest BCUT2D eigenvalue weighted by molar-refractivity contribution is 6.11. The first-order valence-corrected chi connectivity index (χ1v) is 25.1. The monoisotopic (exact) mass is 917 g/mol. The predicted molar refractivity (Wildman–Crippen MR) is 303 cm³/mol. The van der Waals surface area contributed by atoms with E-state index in [0.29, 0.717) is 0 Å². The molecule has 0 bridgehead atoms. The zero-order chi connectivity index (χ0) is 47.7. The number of nitrogens with zero attached hydrogens (tertiary/aromatic N) is 3. The van der Waals surface area contributed by atoms with Crippen LogP contribution in [0, 0.1) is 0 Å². The molecule has 0 unspecified atom stereocenters. The van der Waals surface area contributed by atoms with Crippen LogP contribution in [-0.2, 0) is 5.41 Å². The summed E-state index contributed by atoms with van der Waals surface area (Å²) in [7, 11) is 0. The van der Waals surface area contributed by atoms with Gasteiger partial charge in [0.2, 0.25) is 0 Å². The zero-order valence-electron chi connectivity index (χ0n) is 40.0. The molecule has 0 spiro atoms. The van der Waals surface area contributed by atoms with Crippen molar-refractivity contribution in [2.75, 3.05) is 0 Å². The molecule has 338 valence electrons. The van der Waals surface area contributed by atoms with Gasteiger partial charge < -0.3 is 13.7 Å². The van der Waals surface area contributed by atoms with Crippen LogP contribution in [0.1, 0.15) is 25.0 Å². The predicted octanol–water partition coefficient (Wildman–Crippen LogP) is 18.3. The van der Waals surface area contributed by atoms with Gasteiger partial charge in [0.1, 0.15) is 0 Å². The topological polar surface area (TPSA) is 14.8 Å². The van der Waals surface area contributed by atoms with E-state index in [2.05, 4.69) is 276 Å². The molecule has 3 heteroatoms. The van der Waals surface area contributed by atoms with Gasteiger partial charge in [-0.05, 0) is 153 Å². The van der Waals surface area contributed by atoms with Gasteiger partial charge in [-0.15, -0.1) is 0 Å². The van der Waals surface area contributed by atoms with Crippen molar-refractivity contribution in [3.63, 3.8) is 0 Å². The Balaban J connectivity index is 0.853. The number of hydrogen-bond donors (Lipinski definition) is 0. The Labute approximate surface area is 417 Å². The van der Waals surface area contributed by atoms with Crippen molar-refractivity contribution in [1.82, 2.24) is 13.7 Å². The average molecular weight is 918 g/mol. The highest BCUT2D eigenvalue weighted by Crippen LogP contribution is 2.51. The van der Waals surface area contributed by atoms with Gasteiger partial charge in [0.25, 0.3) is 0 Å². The summed E-state index contributed by atoms with van der Waals surface area (Å²) in [6.07, 6.45) is 0. The van der Waals surface area contributed by atoms with Crippen molar-refractivity contribution in [3.8, 4) is 61.6 Å². The number of hydrogen-bond acceptors (Lipinski definition) is 0. The molecule has 0 fully saturated rings. The fourth-order valence-electron chi connectivity index (χ4n) is 12.4. The Kier molecular flexibility index (Phi) is 8.71. The first-order valence-electron chi connectivity index (χ1n) is 25.1. The minimum atomic E-state index is -0.221. The number of rotatable bonds is 6. The second kappa shape index (κ2) is 15.4. The van der Waals surface area contributed by atoms with E-state index in [1.54, 1.807) is 0 Å². The maximum atomic E-state index is 2.47. The maximum absolute atomic E-state index is 2.47. The second-order valence-corrected chi connectivity index (χ2v) is 20.1. The van der Waals surface area contributed by atoms with Gasteiger partial charge in [-0.3, -0.25) is 0 Å². The number of aromatic nitrogens is 3. The lowest BCUT2D eigenvalue weighted by atomic mass is 9.81. The lowest BCUT2D eigenvalue weighted by Gasteiger charge is -2.23. The summed E-state index contributed by atoms with van der Waals surface area (Å²) in [6, 6.07) is 92.2. The molecule has 3 nitrogen and oxygen atoms in total. The molecule has 0 aliphatic heterocycles. The molecule has 0 saturated heterocycles. The summed E-state index contributed by atoms with van der Waals surface area (Å²) in [4.78, 5) is 0. The van der Waals surface area contributed by atoms with E-state index in [1.165, 1.54) is 127 Å². The second-order valence-electron chi connectivity index (χ2n) is 20.1. The van der Waals surface area contributed by atoms with E-state index >= 15 is 0 Å². The highest BCUT2D eigenvalue weighted by atomic mass is 15.0. The van der Waals surface area contributed by atoms with Gasteiger partial charge in [0, 0.05) is 54.8 Å². The van der Waals surface area contributed by atoms with Crippen molar-refractivity contribution < 1.29 is 0 Å². The molecule has 0 amide bonds. The van der Waals surface area contributed by atoms with Crippen LogP contribution < -0.4 is 0 Å². The molecule has 0 radical (unpaired) electrons. The van der Waals surface area contributed by atoms with Crippen molar-refractivity contribution >= 4 is 65.4 Å². The molecule has 3 heterocycles. The zero-order valence-corrected chi connectivity index (χ0v) is 40.0. The fourth-order valence-corrected chi connectivity index (χ4v) is 12.4. The van der Waals surface area contributed by atoms with E-state index in [1.807, 2.05) is 0 Å². The van der Waals surface area contributed by atoms with Gasteiger partial charge in [0.05, 0.1) is 33.1 Å². The molecular weight excluding hydrogens is 871 g/mol. The largest absolute Gasteiger partial charge is 0.309 e. The third-order valence-corrected chi connectivity index (χ3v) is 15.8. The Morgan fingerprint density at radius 3 is 0.889 bits per heavy atom. The maximum Gasteiger partial charge on any atom is 0.0541 e. The molecule has 3 aromatic heterocycles. The van der Waals surface area contributed by atoms with Crippen LogP contribution in [0.5, 0.6) is 0 Å². The Bertz CT molecular complexity index is 4180. The van der Waals surface area contributed by atoms with Gasteiger partial charge in [-0.1, -0.05) is 166 Å². The first-order chi connectivity index (χ1) is 35.5. The first kappa shape index (κ1) is 40.7. The lowest BCUT2D eigenvalue weighted by Crippen LogP contribution is -2.15. The van der Waals surface area contributed by atoms with Crippen molar-refractivity contribution in [1.29, 1.82) is 0 Å². The van der Waals surface area contributed by atoms with Gasteiger partial charge >= 0.3 is 0 Å². The number of benzene rings is 11. The summed E-state index contributed by atoms with van der Waals surface area (Å²) in [5.41, 5.74) is 23.0. The average Bonchev–Trinajstić information content (AvgIpc) is 4.14. The Hall–Kier alpha value is -9.18.